The number of fused-ring (bicyclic) bond motifs is 1. The summed E-state index contributed by atoms with van der Waals surface area (Å²) in [5, 5.41) is 2.74. The zero-order valence-corrected chi connectivity index (χ0v) is 17.0. The first-order valence-electron chi connectivity index (χ1n) is 10.1. The van der Waals surface area contributed by atoms with Crippen molar-refractivity contribution in [1.82, 2.24) is 9.13 Å². The Hall–Kier alpha value is -4.58. The molecule has 5 aromatic rings. The third-order valence-electron chi connectivity index (χ3n) is 5.07. The Morgan fingerprint density at radius 2 is 1.19 bits per heavy atom. The van der Waals surface area contributed by atoms with E-state index in [0.29, 0.717) is 17.0 Å². The summed E-state index contributed by atoms with van der Waals surface area (Å²) in [4.78, 5) is 25.8. The zero-order valence-electron chi connectivity index (χ0n) is 17.0. The molecule has 1 heterocycles. The van der Waals surface area contributed by atoms with Crippen molar-refractivity contribution in [2.24, 2.45) is 0 Å². The molecule has 0 radical (unpaired) electrons. The monoisotopic (exact) mass is 421 g/mol. The van der Waals surface area contributed by atoms with Crippen molar-refractivity contribution >= 4 is 22.8 Å². The third kappa shape index (κ3) is 3.65. The molecule has 6 heteroatoms. The molecule has 0 unspecified atom stereocenters. The lowest BCUT2D eigenvalue weighted by Gasteiger charge is -2.08. The molecule has 0 aliphatic heterocycles. The number of nitrogens with zero attached hydrogens (tertiary/aromatic N) is 2. The summed E-state index contributed by atoms with van der Waals surface area (Å²) in [6, 6.07) is 33.1. The predicted molar refractivity (Wildman–Crippen MR) is 125 cm³/mol. The van der Waals surface area contributed by atoms with Crippen LogP contribution in [0.2, 0.25) is 0 Å². The number of nitrogens with one attached hydrogen (secondary N) is 1. The summed E-state index contributed by atoms with van der Waals surface area (Å²) in [7, 11) is 0. The van der Waals surface area contributed by atoms with Gasteiger partial charge in [0.15, 0.2) is 0 Å². The first-order valence-corrected chi connectivity index (χ1v) is 10.1. The van der Waals surface area contributed by atoms with Gasteiger partial charge in [0.1, 0.15) is 5.75 Å². The lowest BCUT2D eigenvalue weighted by atomic mass is 10.2. The molecule has 0 fully saturated rings. The van der Waals surface area contributed by atoms with E-state index in [1.54, 1.807) is 45.5 Å². The fourth-order valence-corrected chi connectivity index (χ4v) is 3.67. The minimum absolute atomic E-state index is 0.193. The van der Waals surface area contributed by atoms with Gasteiger partial charge in [-0.1, -0.05) is 54.6 Å². The van der Waals surface area contributed by atoms with Crippen molar-refractivity contribution in [3.63, 3.8) is 0 Å². The highest BCUT2D eigenvalue weighted by Crippen LogP contribution is 2.24. The molecule has 0 aliphatic rings. The van der Waals surface area contributed by atoms with Crippen LogP contribution in [-0.2, 0) is 0 Å². The van der Waals surface area contributed by atoms with E-state index in [2.05, 4.69) is 5.32 Å². The number of benzene rings is 4. The van der Waals surface area contributed by atoms with Crippen molar-refractivity contribution in [3.05, 3.63) is 120 Å². The van der Waals surface area contributed by atoms with Gasteiger partial charge in [-0.3, -0.25) is 14.5 Å². The van der Waals surface area contributed by atoms with E-state index in [9.17, 15) is 9.59 Å². The Kier molecular flexibility index (Phi) is 5.01. The molecule has 0 bridgehead atoms. The van der Waals surface area contributed by atoms with Crippen LogP contribution in [0.15, 0.2) is 114 Å². The molecule has 1 aromatic heterocycles. The largest absolute Gasteiger partial charge is 0.417 e. The van der Waals surface area contributed by atoms with Crippen LogP contribution in [0.4, 0.5) is 10.5 Å². The molecular formula is C26H19N3O3. The highest BCUT2D eigenvalue weighted by Gasteiger charge is 2.17. The number of hydrogen-bond donors (Lipinski definition) is 1. The number of hydrogen-bond acceptors (Lipinski definition) is 3. The van der Waals surface area contributed by atoms with Gasteiger partial charge in [0.05, 0.1) is 22.4 Å². The van der Waals surface area contributed by atoms with Crippen molar-refractivity contribution in [2.45, 2.75) is 0 Å². The van der Waals surface area contributed by atoms with E-state index < -0.39 is 6.09 Å². The van der Waals surface area contributed by atoms with Gasteiger partial charge in [0, 0.05) is 5.69 Å². The molecule has 6 nitrogen and oxygen atoms in total. The quantitative estimate of drug-likeness (QED) is 0.423. The molecule has 0 aliphatic carbocycles. The molecule has 0 saturated carbocycles. The van der Waals surface area contributed by atoms with Crippen LogP contribution in [0, 0.1) is 0 Å². The topological polar surface area (TPSA) is 65.3 Å². The predicted octanol–water partition coefficient (Wildman–Crippen LogP) is 5.39. The van der Waals surface area contributed by atoms with E-state index in [1.807, 2.05) is 72.8 Å². The van der Waals surface area contributed by atoms with Gasteiger partial charge in [0.2, 0.25) is 0 Å². The summed E-state index contributed by atoms with van der Waals surface area (Å²) in [5.41, 5.74) is 3.23. The van der Waals surface area contributed by atoms with Crippen LogP contribution < -0.4 is 15.7 Å². The van der Waals surface area contributed by atoms with Gasteiger partial charge in [-0.15, -0.1) is 0 Å². The van der Waals surface area contributed by atoms with Gasteiger partial charge in [-0.05, 0) is 54.6 Å². The van der Waals surface area contributed by atoms with Crippen LogP contribution >= 0.6 is 0 Å². The summed E-state index contributed by atoms with van der Waals surface area (Å²) < 4.78 is 8.62. The van der Waals surface area contributed by atoms with E-state index in [0.717, 1.165) is 16.9 Å². The number of imidazole rings is 1. The Labute approximate surface area is 183 Å². The van der Waals surface area contributed by atoms with Gasteiger partial charge in [-0.2, -0.15) is 0 Å². The van der Waals surface area contributed by atoms with Crippen molar-refractivity contribution in [1.29, 1.82) is 0 Å². The molecule has 0 atom stereocenters. The number of rotatable bonds is 4. The number of carbonyl (C=O) groups excluding carboxylic acids is 1. The molecular weight excluding hydrogens is 402 g/mol. The Morgan fingerprint density at radius 3 is 1.78 bits per heavy atom. The van der Waals surface area contributed by atoms with Crippen LogP contribution in [0.1, 0.15) is 0 Å². The number of aromatic nitrogens is 2. The maximum atomic E-state index is 13.5. The highest BCUT2D eigenvalue weighted by atomic mass is 16.6. The number of para-hydroxylation sites is 3. The maximum absolute atomic E-state index is 13.5. The summed E-state index contributed by atoms with van der Waals surface area (Å²) in [5.74, 6) is 0.447. The minimum atomic E-state index is -0.605. The normalized spacial score (nSPS) is 10.8. The molecule has 0 spiro atoms. The Bertz CT molecular complexity index is 1440. The molecule has 32 heavy (non-hydrogen) atoms. The van der Waals surface area contributed by atoms with Crippen molar-refractivity contribution in [3.8, 4) is 17.1 Å². The van der Waals surface area contributed by atoms with Gasteiger partial charge < -0.3 is 4.74 Å². The number of amides is 1. The van der Waals surface area contributed by atoms with E-state index in [1.165, 1.54) is 0 Å². The second kappa shape index (κ2) is 8.28. The highest BCUT2D eigenvalue weighted by molar-refractivity contribution is 5.91. The molecule has 1 amide bonds. The zero-order chi connectivity index (χ0) is 21.9. The van der Waals surface area contributed by atoms with Gasteiger partial charge >= 0.3 is 11.8 Å². The second-order valence-electron chi connectivity index (χ2n) is 7.16. The first kappa shape index (κ1) is 19.4. The fourth-order valence-electron chi connectivity index (χ4n) is 3.67. The van der Waals surface area contributed by atoms with Gasteiger partial charge in [0.25, 0.3) is 0 Å². The molecule has 1 N–H and O–H groups in total. The summed E-state index contributed by atoms with van der Waals surface area (Å²) in [6.07, 6.45) is -0.605. The second-order valence-corrected chi connectivity index (χ2v) is 7.16. The third-order valence-corrected chi connectivity index (χ3v) is 5.07. The molecule has 0 saturated heterocycles. The first-order chi connectivity index (χ1) is 15.7. The lowest BCUT2D eigenvalue weighted by Crippen LogP contribution is -2.21. The number of carbonyl (C=O) groups is 1. The minimum Gasteiger partial charge on any atom is -0.410 e. The SMILES string of the molecule is O=C(Nc1ccc2c(c1)n(-c1ccccc1)c(=O)n2-c1ccccc1)Oc1ccccc1. The lowest BCUT2D eigenvalue weighted by molar-refractivity contribution is 0.215. The van der Waals surface area contributed by atoms with Gasteiger partial charge in [-0.25, -0.2) is 9.59 Å². The van der Waals surface area contributed by atoms with Crippen LogP contribution in [0.3, 0.4) is 0 Å². The fraction of sp³-hybridized carbons (Fsp3) is 0. The average molecular weight is 421 g/mol. The summed E-state index contributed by atoms with van der Waals surface area (Å²) >= 11 is 0. The van der Waals surface area contributed by atoms with E-state index in [-0.39, 0.29) is 5.69 Å². The van der Waals surface area contributed by atoms with E-state index >= 15 is 0 Å². The molecule has 5 rings (SSSR count). The van der Waals surface area contributed by atoms with Crippen LogP contribution in [0.5, 0.6) is 5.75 Å². The van der Waals surface area contributed by atoms with E-state index in [4.69, 9.17) is 4.74 Å². The number of anilines is 1. The molecule has 4 aromatic carbocycles. The van der Waals surface area contributed by atoms with Crippen molar-refractivity contribution in [2.75, 3.05) is 5.32 Å². The van der Waals surface area contributed by atoms with Crippen LogP contribution in [0.25, 0.3) is 22.4 Å². The Morgan fingerprint density at radius 1 is 0.656 bits per heavy atom. The average Bonchev–Trinajstić information content (AvgIpc) is 3.11. The Balaban J connectivity index is 1.60. The van der Waals surface area contributed by atoms with Crippen molar-refractivity contribution < 1.29 is 9.53 Å². The summed E-state index contributed by atoms with van der Waals surface area (Å²) in [6.45, 7) is 0. The number of ether oxygens (including phenoxy) is 1. The smallest absolute Gasteiger partial charge is 0.410 e. The maximum Gasteiger partial charge on any atom is 0.417 e. The standard InChI is InChI=1S/C26H19N3O3/c30-25(32-22-14-8-3-9-15-22)27-19-16-17-23-24(18-19)29(21-12-6-2-7-13-21)26(31)28(23)20-10-4-1-5-11-20/h1-18H,(H,27,30). The molecule has 156 valence electrons. The van der Waals surface area contributed by atoms with Crippen LogP contribution in [-0.4, -0.2) is 15.2 Å².